The maximum absolute atomic E-state index is 14.0. The third-order valence-corrected chi connectivity index (χ3v) is 8.98. The van der Waals surface area contributed by atoms with Gasteiger partial charge in [-0.05, 0) is 66.4 Å². The zero-order valence-electron chi connectivity index (χ0n) is 22.8. The van der Waals surface area contributed by atoms with E-state index in [2.05, 4.69) is 0 Å². The number of amides is 1. The predicted molar refractivity (Wildman–Crippen MR) is 152 cm³/mol. The molecule has 0 saturated carbocycles. The monoisotopic (exact) mass is 568 g/mol. The number of carbonyl (C=O) groups excluding carboxylic acids is 4. The first-order chi connectivity index (χ1) is 19.9. The summed E-state index contributed by atoms with van der Waals surface area (Å²) in [5.74, 6) is -6.98. The third-order valence-electron chi connectivity index (χ3n) is 8.98. The van der Waals surface area contributed by atoms with Crippen molar-refractivity contribution in [3.8, 4) is 16.9 Å². The van der Waals surface area contributed by atoms with Gasteiger partial charge in [-0.1, -0.05) is 42.5 Å². The summed E-state index contributed by atoms with van der Waals surface area (Å²) in [4.78, 5) is 52.9. The largest absolute Gasteiger partial charge is 0.510 e. The molecule has 10 nitrogen and oxygen atoms in total. The summed E-state index contributed by atoms with van der Waals surface area (Å²) in [5.41, 5.74) is 3.94. The SMILES string of the molecule is CN(C)[C@@H]1C(O)=C(C(N)=O)C(=O)[C@]2(O)C(O)=C3C(=O)c4c(O)ccc(-c5ccc(C=O)c6ccccc56)c4C[C@@H]3C[C@@H]12. The number of nitrogens with two attached hydrogens (primary N) is 1. The molecular weight excluding hydrogens is 540 g/mol. The molecule has 0 saturated heterocycles. The number of benzene rings is 3. The second kappa shape index (κ2) is 9.37. The van der Waals surface area contributed by atoms with E-state index in [1.54, 1.807) is 32.3 Å². The van der Waals surface area contributed by atoms with Gasteiger partial charge in [-0.25, -0.2) is 0 Å². The number of Topliss-reactive ketones (excluding diaryl/α,β-unsaturated/α-hetero) is 2. The number of aromatic hydroxyl groups is 1. The Kier molecular flexibility index (Phi) is 6.10. The van der Waals surface area contributed by atoms with E-state index >= 15 is 0 Å². The van der Waals surface area contributed by atoms with Crippen LogP contribution in [0, 0.1) is 11.8 Å². The highest BCUT2D eigenvalue weighted by Gasteiger charge is 2.63. The van der Waals surface area contributed by atoms with Crippen LogP contribution in [0.25, 0.3) is 21.9 Å². The van der Waals surface area contributed by atoms with Crippen LogP contribution in [0.3, 0.4) is 0 Å². The molecule has 0 spiro atoms. The maximum atomic E-state index is 14.0. The molecule has 0 heterocycles. The summed E-state index contributed by atoms with van der Waals surface area (Å²) >= 11 is 0. The van der Waals surface area contributed by atoms with Crippen LogP contribution in [-0.2, 0) is 16.0 Å². The topological polar surface area (TPSA) is 178 Å². The van der Waals surface area contributed by atoms with Crippen molar-refractivity contribution in [1.29, 1.82) is 0 Å². The Morgan fingerprint density at radius 1 is 1.00 bits per heavy atom. The fourth-order valence-corrected chi connectivity index (χ4v) is 7.16. The highest BCUT2D eigenvalue weighted by atomic mass is 16.3. The van der Waals surface area contributed by atoms with Crippen molar-refractivity contribution in [2.45, 2.75) is 24.5 Å². The number of primary amides is 1. The minimum absolute atomic E-state index is 0.00825. The van der Waals surface area contributed by atoms with E-state index in [1.807, 2.05) is 24.3 Å². The lowest BCUT2D eigenvalue weighted by Crippen LogP contribution is -2.63. The van der Waals surface area contributed by atoms with Gasteiger partial charge in [0.2, 0.25) is 5.78 Å². The Hall–Kier alpha value is -4.80. The number of hydrogen-bond acceptors (Lipinski definition) is 9. The van der Waals surface area contributed by atoms with Crippen LogP contribution < -0.4 is 5.73 Å². The van der Waals surface area contributed by atoms with Crippen molar-refractivity contribution in [2.24, 2.45) is 17.6 Å². The van der Waals surface area contributed by atoms with E-state index < -0.39 is 58.0 Å². The Labute approximate surface area is 240 Å². The smallest absolute Gasteiger partial charge is 0.255 e. The average molecular weight is 569 g/mol. The highest BCUT2D eigenvalue weighted by Crippen LogP contribution is 2.53. The molecule has 6 N–H and O–H groups in total. The summed E-state index contributed by atoms with van der Waals surface area (Å²) < 4.78 is 0. The fourth-order valence-electron chi connectivity index (χ4n) is 7.16. The molecule has 42 heavy (non-hydrogen) atoms. The predicted octanol–water partition coefficient (Wildman–Crippen LogP) is 2.75. The van der Waals surface area contributed by atoms with Gasteiger partial charge in [-0.2, -0.15) is 0 Å². The summed E-state index contributed by atoms with van der Waals surface area (Å²) in [6.07, 6.45) is 0.915. The number of phenols is 1. The number of hydrogen-bond donors (Lipinski definition) is 5. The number of allylic oxidation sites excluding steroid dienone is 1. The lowest BCUT2D eigenvalue weighted by atomic mass is 9.58. The molecule has 3 aromatic carbocycles. The van der Waals surface area contributed by atoms with E-state index in [0.29, 0.717) is 16.7 Å². The minimum Gasteiger partial charge on any atom is -0.510 e. The van der Waals surface area contributed by atoms with Gasteiger partial charge in [0.05, 0.1) is 11.6 Å². The van der Waals surface area contributed by atoms with Crippen molar-refractivity contribution < 1.29 is 39.6 Å². The fraction of sp³-hybridized carbons (Fsp3) is 0.250. The molecule has 0 aromatic heterocycles. The Morgan fingerprint density at radius 3 is 2.31 bits per heavy atom. The first kappa shape index (κ1) is 27.4. The molecule has 1 amide bonds. The first-order valence-corrected chi connectivity index (χ1v) is 13.4. The molecular formula is C32H28N2O8. The number of phenolic OH excluding ortho intramolecular Hbond substituents is 1. The lowest BCUT2D eigenvalue weighted by molar-refractivity contribution is -0.148. The van der Waals surface area contributed by atoms with Gasteiger partial charge >= 0.3 is 0 Å². The minimum atomic E-state index is -2.70. The summed E-state index contributed by atoms with van der Waals surface area (Å²) in [6.45, 7) is 0. The van der Waals surface area contributed by atoms with Crippen molar-refractivity contribution in [2.75, 3.05) is 14.1 Å². The van der Waals surface area contributed by atoms with E-state index in [9.17, 15) is 39.6 Å². The van der Waals surface area contributed by atoms with Crippen molar-refractivity contribution in [1.82, 2.24) is 4.90 Å². The third kappa shape index (κ3) is 3.52. The normalized spacial score (nSPS) is 25.4. The molecule has 6 rings (SSSR count). The molecule has 0 fully saturated rings. The molecule has 0 aliphatic heterocycles. The highest BCUT2D eigenvalue weighted by molar-refractivity contribution is 6.25. The molecule has 0 unspecified atom stereocenters. The molecule has 4 atom stereocenters. The van der Waals surface area contributed by atoms with Gasteiger partial charge in [0.15, 0.2) is 17.7 Å². The van der Waals surface area contributed by atoms with E-state index in [-0.39, 0.29) is 29.7 Å². The van der Waals surface area contributed by atoms with E-state index in [0.717, 1.165) is 22.6 Å². The van der Waals surface area contributed by atoms with Gasteiger partial charge in [0.25, 0.3) is 5.91 Å². The van der Waals surface area contributed by atoms with Gasteiger partial charge in [-0.15, -0.1) is 0 Å². The number of ketones is 2. The summed E-state index contributed by atoms with van der Waals surface area (Å²) in [5, 5.41) is 46.6. The molecule has 3 aliphatic rings. The quantitative estimate of drug-likeness (QED) is 0.234. The number of carbonyl (C=O) groups is 4. The number of likely N-dealkylation sites (N-methyl/N-ethyl adjacent to an activating group) is 1. The van der Waals surface area contributed by atoms with Crippen LogP contribution in [0.1, 0.15) is 32.7 Å². The number of aldehydes is 1. The van der Waals surface area contributed by atoms with Crippen molar-refractivity contribution in [3.63, 3.8) is 0 Å². The standard InChI is InChI=1S/C32H28N2O8/c1-34(2)26-21-12-15-11-20-19(18-8-7-14(13-35)16-5-3-4-6-17(16)18)9-10-22(36)24(20)27(37)23(15)29(39)32(21,42)30(40)25(28(26)38)31(33)41/h3-10,13,15,21,26,36,38-39,42H,11-12H2,1-2H3,(H2,33,41)/t15-,21+,26+,32-/m1/s1. The van der Waals surface area contributed by atoms with Crippen molar-refractivity contribution >= 4 is 34.5 Å². The average Bonchev–Trinajstić information content (AvgIpc) is 2.94. The van der Waals surface area contributed by atoms with Crippen LogP contribution in [0.4, 0.5) is 0 Å². The number of aliphatic hydroxyl groups excluding tert-OH is 2. The molecule has 0 bridgehead atoms. The Balaban J connectivity index is 1.57. The molecule has 3 aliphatic carbocycles. The van der Waals surface area contributed by atoms with Crippen LogP contribution in [-0.4, -0.2) is 74.8 Å². The second-order valence-electron chi connectivity index (χ2n) is 11.3. The maximum Gasteiger partial charge on any atom is 0.255 e. The van der Waals surface area contributed by atoms with Gasteiger partial charge in [0, 0.05) is 17.1 Å². The molecule has 214 valence electrons. The van der Waals surface area contributed by atoms with Crippen LogP contribution in [0.2, 0.25) is 0 Å². The Bertz CT molecular complexity index is 1820. The number of fused-ring (bicyclic) bond motifs is 4. The zero-order chi connectivity index (χ0) is 30.2. The Morgan fingerprint density at radius 2 is 1.67 bits per heavy atom. The van der Waals surface area contributed by atoms with Crippen molar-refractivity contribution in [3.05, 3.63) is 87.9 Å². The molecule has 10 heteroatoms. The first-order valence-electron chi connectivity index (χ1n) is 13.4. The van der Waals surface area contributed by atoms with Crippen LogP contribution >= 0.6 is 0 Å². The molecule has 3 aromatic rings. The summed E-state index contributed by atoms with van der Waals surface area (Å²) in [7, 11) is 3.16. The lowest BCUT2D eigenvalue weighted by Gasteiger charge is -2.50. The van der Waals surface area contributed by atoms with Gasteiger partial charge < -0.3 is 26.2 Å². The second-order valence-corrected chi connectivity index (χ2v) is 11.3. The van der Waals surface area contributed by atoms with E-state index in [4.69, 9.17) is 5.73 Å². The summed E-state index contributed by atoms with van der Waals surface area (Å²) in [6, 6.07) is 12.8. The number of nitrogens with zero attached hydrogens (tertiary/aromatic N) is 1. The van der Waals surface area contributed by atoms with Gasteiger partial charge in [-0.3, -0.25) is 24.1 Å². The molecule has 0 radical (unpaired) electrons. The van der Waals surface area contributed by atoms with E-state index in [1.165, 1.54) is 11.0 Å². The zero-order valence-corrected chi connectivity index (χ0v) is 22.8. The van der Waals surface area contributed by atoms with Crippen LogP contribution in [0.5, 0.6) is 5.75 Å². The van der Waals surface area contributed by atoms with Gasteiger partial charge in [0.1, 0.15) is 22.8 Å². The number of rotatable bonds is 4. The van der Waals surface area contributed by atoms with Crippen LogP contribution in [0.15, 0.2) is 71.2 Å². The number of aliphatic hydroxyl groups is 3.